The molecule has 1 rings (SSSR count). The molecule has 2 N–H and O–H groups in total. The second-order valence-corrected chi connectivity index (χ2v) is 3.34. The lowest BCUT2D eigenvalue weighted by Gasteiger charge is -2.09. The van der Waals surface area contributed by atoms with Gasteiger partial charge >= 0.3 is 11.9 Å². The monoisotopic (exact) mass is 236 g/mol. The van der Waals surface area contributed by atoms with Crippen molar-refractivity contribution in [1.29, 1.82) is 0 Å². The third-order valence-corrected chi connectivity index (χ3v) is 1.96. The molecule has 0 saturated carbocycles. The highest BCUT2D eigenvalue weighted by molar-refractivity contribution is 5.85. The van der Waals surface area contributed by atoms with E-state index in [0.717, 1.165) is 6.08 Å². The van der Waals surface area contributed by atoms with Crippen molar-refractivity contribution in [2.45, 2.75) is 13.0 Å². The van der Waals surface area contributed by atoms with E-state index >= 15 is 0 Å². The van der Waals surface area contributed by atoms with Gasteiger partial charge in [0.25, 0.3) is 0 Å². The predicted molar refractivity (Wildman–Crippen MR) is 60.8 cm³/mol. The Bertz CT molecular complexity index is 433. The summed E-state index contributed by atoms with van der Waals surface area (Å²) >= 11 is 0. The third-order valence-electron chi connectivity index (χ3n) is 1.96. The molecule has 0 heterocycles. The first-order chi connectivity index (χ1) is 7.99. The standard InChI is InChI=1S/C12H12O5/c1-8(12(15)16)17-10-5-2-9(3-6-10)4-7-11(13)14/h2-8H,1H3,(H,13,14)(H,15,16). The zero-order valence-electron chi connectivity index (χ0n) is 9.16. The molecule has 0 bridgehead atoms. The number of aliphatic carboxylic acids is 2. The van der Waals surface area contributed by atoms with Gasteiger partial charge in [-0.2, -0.15) is 0 Å². The van der Waals surface area contributed by atoms with Crippen LogP contribution in [0.5, 0.6) is 5.75 Å². The minimum Gasteiger partial charge on any atom is -0.479 e. The molecule has 0 aliphatic carbocycles. The Morgan fingerprint density at radius 3 is 2.29 bits per heavy atom. The van der Waals surface area contributed by atoms with E-state index < -0.39 is 18.0 Å². The van der Waals surface area contributed by atoms with Crippen molar-refractivity contribution in [3.63, 3.8) is 0 Å². The molecule has 0 aliphatic rings. The molecule has 5 nitrogen and oxygen atoms in total. The summed E-state index contributed by atoms with van der Waals surface area (Å²) in [5.74, 6) is -1.64. The molecule has 1 aromatic carbocycles. The quantitative estimate of drug-likeness (QED) is 0.759. The van der Waals surface area contributed by atoms with Crippen LogP contribution in [-0.2, 0) is 9.59 Å². The fourth-order valence-electron chi connectivity index (χ4n) is 1.08. The second kappa shape index (κ2) is 5.69. The molecular weight excluding hydrogens is 224 g/mol. The van der Waals surface area contributed by atoms with Gasteiger partial charge in [0.2, 0.25) is 0 Å². The molecule has 1 unspecified atom stereocenters. The topological polar surface area (TPSA) is 83.8 Å². The summed E-state index contributed by atoms with van der Waals surface area (Å²) in [6, 6.07) is 6.45. The molecule has 0 radical (unpaired) electrons. The van der Waals surface area contributed by atoms with Crippen molar-refractivity contribution in [3.05, 3.63) is 35.9 Å². The Hall–Kier alpha value is -2.30. The predicted octanol–water partition coefficient (Wildman–Crippen LogP) is 1.64. The number of hydrogen-bond donors (Lipinski definition) is 2. The van der Waals surface area contributed by atoms with Crippen LogP contribution < -0.4 is 4.74 Å². The van der Waals surface area contributed by atoms with Crippen LogP contribution in [0.1, 0.15) is 12.5 Å². The number of carboxylic acids is 2. The zero-order chi connectivity index (χ0) is 12.8. The molecule has 5 heteroatoms. The summed E-state index contributed by atoms with van der Waals surface area (Å²) in [5, 5.41) is 17.1. The number of rotatable bonds is 5. The number of carbonyl (C=O) groups is 2. The van der Waals surface area contributed by atoms with E-state index in [1.165, 1.54) is 13.0 Å². The highest BCUT2D eigenvalue weighted by atomic mass is 16.5. The average Bonchev–Trinajstić information content (AvgIpc) is 2.28. The minimum absolute atomic E-state index is 0.423. The van der Waals surface area contributed by atoms with Gasteiger partial charge in [-0.1, -0.05) is 12.1 Å². The molecule has 17 heavy (non-hydrogen) atoms. The lowest BCUT2D eigenvalue weighted by molar-refractivity contribution is -0.144. The SMILES string of the molecule is CC(Oc1ccc(C=CC(=O)O)cc1)C(=O)O. The molecule has 0 aromatic heterocycles. The Balaban J connectivity index is 2.68. The van der Waals surface area contributed by atoms with Gasteiger partial charge in [0.1, 0.15) is 5.75 Å². The van der Waals surface area contributed by atoms with Crippen LogP contribution in [0.3, 0.4) is 0 Å². The van der Waals surface area contributed by atoms with Gasteiger partial charge in [0, 0.05) is 6.08 Å². The molecule has 1 aromatic rings. The molecule has 0 fully saturated rings. The number of carboxylic acid groups (broad SMARTS) is 2. The maximum absolute atomic E-state index is 10.5. The van der Waals surface area contributed by atoms with E-state index in [0.29, 0.717) is 11.3 Å². The Labute approximate surface area is 98.0 Å². The summed E-state index contributed by atoms with van der Waals surface area (Å²) in [4.78, 5) is 20.8. The summed E-state index contributed by atoms with van der Waals surface area (Å²) in [6.45, 7) is 1.43. The van der Waals surface area contributed by atoms with Crippen molar-refractivity contribution in [1.82, 2.24) is 0 Å². The zero-order valence-corrected chi connectivity index (χ0v) is 9.16. The van der Waals surface area contributed by atoms with Gasteiger partial charge < -0.3 is 14.9 Å². The van der Waals surface area contributed by atoms with Crippen LogP contribution in [0.15, 0.2) is 30.3 Å². The van der Waals surface area contributed by atoms with Crippen molar-refractivity contribution in [2.24, 2.45) is 0 Å². The number of benzene rings is 1. The molecule has 0 amide bonds. The smallest absolute Gasteiger partial charge is 0.344 e. The normalized spacial score (nSPS) is 12.3. The van der Waals surface area contributed by atoms with E-state index in [1.54, 1.807) is 24.3 Å². The van der Waals surface area contributed by atoms with Crippen LogP contribution in [0.25, 0.3) is 6.08 Å². The van der Waals surface area contributed by atoms with E-state index in [2.05, 4.69) is 0 Å². The van der Waals surface area contributed by atoms with Gasteiger partial charge in [-0.15, -0.1) is 0 Å². The Kier molecular flexibility index (Phi) is 4.28. The fraction of sp³-hybridized carbons (Fsp3) is 0.167. The van der Waals surface area contributed by atoms with Gasteiger partial charge in [-0.3, -0.25) is 0 Å². The van der Waals surface area contributed by atoms with Gasteiger partial charge in [0.05, 0.1) is 0 Å². The number of hydrogen-bond acceptors (Lipinski definition) is 3. The van der Waals surface area contributed by atoms with E-state index in [-0.39, 0.29) is 0 Å². The maximum atomic E-state index is 10.5. The summed E-state index contributed by atoms with van der Waals surface area (Å²) in [7, 11) is 0. The van der Waals surface area contributed by atoms with Gasteiger partial charge in [-0.25, -0.2) is 9.59 Å². The highest BCUT2D eigenvalue weighted by Gasteiger charge is 2.11. The molecule has 0 saturated heterocycles. The third kappa shape index (κ3) is 4.38. The van der Waals surface area contributed by atoms with Crippen molar-refractivity contribution < 1.29 is 24.5 Å². The Morgan fingerprint density at radius 2 is 1.82 bits per heavy atom. The average molecular weight is 236 g/mol. The number of ether oxygens (including phenoxy) is 1. The van der Waals surface area contributed by atoms with Gasteiger partial charge in [0.15, 0.2) is 6.10 Å². The van der Waals surface area contributed by atoms with E-state index in [4.69, 9.17) is 14.9 Å². The first-order valence-electron chi connectivity index (χ1n) is 4.89. The summed E-state index contributed by atoms with van der Waals surface area (Å²) in [6.07, 6.45) is 1.54. The lowest BCUT2D eigenvalue weighted by atomic mass is 10.2. The summed E-state index contributed by atoms with van der Waals surface area (Å²) < 4.78 is 5.12. The first kappa shape index (κ1) is 12.8. The molecular formula is C12H12O5. The summed E-state index contributed by atoms with van der Waals surface area (Å²) in [5.41, 5.74) is 0.697. The van der Waals surface area contributed by atoms with Gasteiger partial charge in [-0.05, 0) is 30.7 Å². The lowest BCUT2D eigenvalue weighted by Crippen LogP contribution is -2.22. The highest BCUT2D eigenvalue weighted by Crippen LogP contribution is 2.14. The Morgan fingerprint density at radius 1 is 1.24 bits per heavy atom. The van der Waals surface area contributed by atoms with Crippen molar-refractivity contribution >= 4 is 18.0 Å². The van der Waals surface area contributed by atoms with Crippen LogP contribution in [0.4, 0.5) is 0 Å². The molecule has 0 spiro atoms. The van der Waals surface area contributed by atoms with Crippen LogP contribution in [0.2, 0.25) is 0 Å². The maximum Gasteiger partial charge on any atom is 0.344 e. The van der Waals surface area contributed by atoms with E-state index in [1.807, 2.05) is 0 Å². The van der Waals surface area contributed by atoms with Crippen LogP contribution in [-0.4, -0.2) is 28.3 Å². The van der Waals surface area contributed by atoms with E-state index in [9.17, 15) is 9.59 Å². The first-order valence-corrected chi connectivity index (χ1v) is 4.89. The van der Waals surface area contributed by atoms with Crippen LogP contribution >= 0.6 is 0 Å². The fourth-order valence-corrected chi connectivity index (χ4v) is 1.08. The van der Waals surface area contributed by atoms with Crippen molar-refractivity contribution in [2.75, 3.05) is 0 Å². The van der Waals surface area contributed by atoms with Crippen LogP contribution in [0, 0.1) is 0 Å². The second-order valence-electron chi connectivity index (χ2n) is 3.34. The largest absolute Gasteiger partial charge is 0.479 e. The molecule has 90 valence electrons. The minimum atomic E-state index is -1.04. The van der Waals surface area contributed by atoms with Crippen molar-refractivity contribution in [3.8, 4) is 5.75 Å². The molecule has 0 aliphatic heterocycles. The molecule has 1 atom stereocenters.